The van der Waals surface area contributed by atoms with Crippen molar-refractivity contribution in [3.8, 4) is 22.8 Å². The van der Waals surface area contributed by atoms with Gasteiger partial charge < -0.3 is 14.0 Å². The van der Waals surface area contributed by atoms with Gasteiger partial charge in [-0.25, -0.2) is 0 Å². The number of halogens is 2. The molecule has 134 valence electrons. The fourth-order valence-electron chi connectivity index (χ4n) is 3.63. The fourth-order valence-corrected chi connectivity index (χ4v) is 3.97. The Kier molecular flexibility index (Phi) is 3.81. The minimum atomic E-state index is -0.310. The van der Waals surface area contributed by atoms with Crippen LogP contribution in [-0.4, -0.2) is 11.7 Å². The van der Waals surface area contributed by atoms with Crippen LogP contribution in [0, 0.1) is 0 Å². The van der Waals surface area contributed by atoms with Crippen molar-refractivity contribution in [1.29, 1.82) is 0 Å². The molecular formula is C22H15Cl2NO2. The van der Waals surface area contributed by atoms with Crippen LogP contribution in [0.3, 0.4) is 0 Å². The van der Waals surface area contributed by atoms with Gasteiger partial charge in [0, 0.05) is 26.6 Å². The van der Waals surface area contributed by atoms with E-state index in [1.807, 2.05) is 60.7 Å². The van der Waals surface area contributed by atoms with Gasteiger partial charge in [0.1, 0.15) is 11.5 Å². The number of benzene rings is 3. The number of fused-ring (bicyclic) bond motifs is 5. The van der Waals surface area contributed by atoms with E-state index in [-0.39, 0.29) is 6.23 Å². The Morgan fingerprint density at radius 3 is 2.41 bits per heavy atom. The molecule has 5 rings (SSSR count). The Bertz CT molecular complexity index is 1170. The van der Waals surface area contributed by atoms with Gasteiger partial charge in [0.05, 0.1) is 18.3 Å². The molecule has 27 heavy (non-hydrogen) atoms. The topological polar surface area (TPSA) is 23.4 Å². The minimum absolute atomic E-state index is 0.310. The van der Waals surface area contributed by atoms with Crippen molar-refractivity contribution < 1.29 is 9.47 Å². The summed E-state index contributed by atoms with van der Waals surface area (Å²) in [7, 11) is 1.66. The van der Waals surface area contributed by atoms with Crippen LogP contribution >= 0.6 is 23.2 Å². The number of nitrogens with zero attached hydrogens (tertiary/aromatic N) is 1. The molecule has 0 saturated carbocycles. The first-order valence-corrected chi connectivity index (χ1v) is 9.30. The molecule has 1 aliphatic rings. The average Bonchev–Trinajstić information content (AvgIpc) is 3.05. The van der Waals surface area contributed by atoms with Crippen molar-refractivity contribution in [2.24, 2.45) is 0 Å². The molecular weight excluding hydrogens is 381 g/mol. The third kappa shape index (κ3) is 2.66. The van der Waals surface area contributed by atoms with Crippen LogP contribution < -0.4 is 9.47 Å². The van der Waals surface area contributed by atoms with E-state index in [0.717, 1.165) is 39.2 Å². The second kappa shape index (κ2) is 6.22. The molecule has 0 spiro atoms. The molecule has 0 radical (unpaired) electrons. The molecule has 4 aromatic rings. The van der Waals surface area contributed by atoms with Gasteiger partial charge in [-0.2, -0.15) is 0 Å². The molecule has 0 bridgehead atoms. The van der Waals surface area contributed by atoms with Crippen molar-refractivity contribution in [1.82, 2.24) is 4.57 Å². The summed E-state index contributed by atoms with van der Waals surface area (Å²) in [6.07, 6.45) is -0.310. The Balaban J connectivity index is 1.77. The quantitative estimate of drug-likeness (QED) is 0.383. The number of hydrogen-bond donors (Lipinski definition) is 0. The molecule has 0 saturated heterocycles. The van der Waals surface area contributed by atoms with E-state index in [9.17, 15) is 0 Å². The summed E-state index contributed by atoms with van der Waals surface area (Å²) < 4.78 is 13.9. The zero-order valence-corrected chi connectivity index (χ0v) is 16.0. The highest BCUT2D eigenvalue weighted by atomic mass is 35.5. The van der Waals surface area contributed by atoms with E-state index in [1.54, 1.807) is 7.11 Å². The van der Waals surface area contributed by atoms with Crippen molar-refractivity contribution in [2.75, 3.05) is 7.11 Å². The first-order valence-electron chi connectivity index (χ1n) is 8.55. The maximum absolute atomic E-state index is 6.40. The van der Waals surface area contributed by atoms with Crippen LogP contribution in [0.25, 0.3) is 22.2 Å². The number of aromatic nitrogens is 1. The van der Waals surface area contributed by atoms with Gasteiger partial charge >= 0.3 is 0 Å². The largest absolute Gasteiger partial charge is 0.497 e. The highest BCUT2D eigenvalue weighted by Gasteiger charge is 2.29. The first-order chi connectivity index (χ1) is 13.1. The van der Waals surface area contributed by atoms with E-state index in [4.69, 9.17) is 32.7 Å². The second-order valence-corrected chi connectivity index (χ2v) is 7.36. The van der Waals surface area contributed by atoms with Crippen LogP contribution in [0.1, 0.15) is 11.8 Å². The number of rotatable bonds is 2. The van der Waals surface area contributed by atoms with Gasteiger partial charge in [-0.05, 0) is 66.7 Å². The molecule has 0 amide bonds. The molecule has 1 aromatic heterocycles. The molecule has 0 N–H and O–H groups in total. The SMILES string of the molecule is COc1ccc([C@@H]2Oc3cc(Cl)ccc3-c3cc4cc(Cl)ccc4n32)cc1. The molecule has 0 fully saturated rings. The lowest BCUT2D eigenvalue weighted by molar-refractivity contribution is 0.173. The summed E-state index contributed by atoms with van der Waals surface area (Å²) in [5.74, 6) is 1.58. The van der Waals surface area contributed by atoms with Gasteiger partial charge in [0.25, 0.3) is 0 Å². The predicted octanol–water partition coefficient (Wildman–Crippen LogP) is 6.56. The zero-order valence-electron chi connectivity index (χ0n) is 14.4. The molecule has 5 heteroatoms. The maximum Gasteiger partial charge on any atom is 0.203 e. The monoisotopic (exact) mass is 395 g/mol. The van der Waals surface area contributed by atoms with E-state index in [1.165, 1.54) is 0 Å². The summed E-state index contributed by atoms with van der Waals surface area (Å²) in [6, 6.07) is 21.7. The molecule has 1 atom stereocenters. The van der Waals surface area contributed by atoms with Gasteiger partial charge in [-0.1, -0.05) is 23.2 Å². The second-order valence-electron chi connectivity index (χ2n) is 6.49. The summed E-state index contributed by atoms with van der Waals surface area (Å²) >= 11 is 12.4. The van der Waals surface area contributed by atoms with Crippen molar-refractivity contribution in [3.63, 3.8) is 0 Å². The molecule has 3 nitrogen and oxygen atoms in total. The summed E-state index contributed by atoms with van der Waals surface area (Å²) in [5.41, 5.74) is 4.17. The third-order valence-corrected chi connectivity index (χ3v) is 5.36. The molecule has 0 unspecified atom stereocenters. The Morgan fingerprint density at radius 1 is 0.889 bits per heavy atom. The normalized spacial score (nSPS) is 15.1. The van der Waals surface area contributed by atoms with Crippen LogP contribution in [0.15, 0.2) is 66.7 Å². The molecule has 1 aliphatic heterocycles. The third-order valence-electron chi connectivity index (χ3n) is 4.89. The van der Waals surface area contributed by atoms with Crippen molar-refractivity contribution >= 4 is 34.1 Å². The lowest BCUT2D eigenvalue weighted by Gasteiger charge is -2.30. The Morgan fingerprint density at radius 2 is 1.63 bits per heavy atom. The van der Waals surface area contributed by atoms with E-state index < -0.39 is 0 Å². The van der Waals surface area contributed by atoms with Gasteiger partial charge in [0.2, 0.25) is 6.23 Å². The van der Waals surface area contributed by atoms with Gasteiger partial charge in [-0.3, -0.25) is 0 Å². The van der Waals surface area contributed by atoms with Gasteiger partial charge in [-0.15, -0.1) is 0 Å². The standard InChI is InChI=1S/C22H15Cl2NO2/c1-26-17-6-2-13(3-7-17)22-25-19-9-5-15(23)10-14(19)11-20(25)18-8-4-16(24)12-21(18)27-22/h2-12,22H,1H3/t22-/m0/s1. The number of methoxy groups -OCH3 is 1. The summed E-state index contributed by atoms with van der Waals surface area (Å²) in [6.45, 7) is 0. The molecule has 2 heterocycles. The van der Waals surface area contributed by atoms with Gasteiger partial charge in [0.15, 0.2) is 0 Å². The summed E-state index contributed by atoms with van der Waals surface area (Å²) in [4.78, 5) is 0. The van der Waals surface area contributed by atoms with Crippen molar-refractivity contribution in [3.05, 3.63) is 82.3 Å². The number of hydrogen-bond acceptors (Lipinski definition) is 2. The Labute approximate surface area is 166 Å². The lowest BCUT2D eigenvalue weighted by Crippen LogP contribution is -2.22. The molecule has 0 aliphatic carbocycles. The molecule has 3 aromatic carbocycles. The van der Waals surface area contributed by atoms with E-state index in [0.29, 0.717) is 10.0 Å². The average molecular weight is 396 g/mol. The fraction of sp³-hybridized carbons (Fsp3) is 0.0909. The highest BCUT2D eigenvalue weighted by molar-refractivity contribution is 6.31. The van der Waals surface area contributed by atoms with Crippen LogP contribution in [0.4, 0.5) is 0 Å². The van der Waals surface area contributed by atoms with Crippen LogP contribution in [0.2, 0.25) is 10.0 Å². The lowest BCUT2D eigenvalue weighted by atomic mass is 10.1. The highest BCUT2D eigenvalue weighted by Crippen LogP contribution is 2.45. The summed E-state index contributed by atoms with van der Waals surface area (Å²) in [5, 5.41) is 2.43. The van der Waals surface area contributed by atoms with E-state index >= 15 is 0 Å². The van der Waals surface area contributed by atoms with E-state index in [2.05, 4.69) is 10.6 Å². The Hall–Kier alpha value is -2.62. The predicted molar refractivity (Wildman–Crippen MR) is 109 cm³/mol. The van der Waals surface area contributed by atoms with Crippen molar-refractivity contribution in [2.45, 2.75) is 6.23 Å². The zero-order chi connectivity index (χ0) is 18.5. The number of ether oxygens (including phenoxy) is 2. The van der Waals surface area contributed by atoms with Crippen LogP contribution in [0.5, 0.6) is 11.5 Å². The minimum Gasteiger partial charge on any atom is -0.497 e. The first kappa shape index (κ1) is 16.5. The van der Waals surface area contributed by atoms with Crippen LogP contribution in [-0.2, 0) is 0 Å². The smallest absolute Gasteiger partial charge is 0.203 e. The maximum atomic E-state index is 6.40.